The Kier molecular flexibility index (Phi) is 4.24. The average molecular weight is 240 g/mol. The highest BCUT2D eigenvalue weighted by Gasteiger charge is 2.17. The van der Waals surface area contributed by atoms with Crippen molar-refractivity contribution in [2.24, 2.45) is 0 Å². The van der Waals surface area contributed by atoms with Crippen LogP contribution < -0.4 is 4.74 Å². The SMILES string of the molecule is CSC(Oc1cc(C)c(C)c(C)c1)C(=O)O. The molecule has 0 bridgehead atoms. The third kappa shape index (κ3) is 2.92. The predicted molar refractivity (Wildman–Crippen MR) is 66.2 cm³/mol. The fourth-order valence-corrected chi connectivity index (χ4v) is 1.80. The molecule has 0 fully saturated rings. The van der Waals surface area contributed by atoms with Crippen molar-refractivity contribution in [3.63, 3.8) is 0 Å². The summed E-state index contributed by atoms with van der Waals surface area (Å²) in [5.74, 6) is -0.342. The van der Waals surface area contributed by atoms with Gasteiger partial charge in [-0.1, -0.05) is 0 Å². The maximum atomic E-state index is 10.8. The van der Waals surface area contributed by atoms with Gasteiger partial charge in [-0.2, -0.15) is 0 Å². The van der Waals surface area contributed by atoms with Gasteiger partial charge in [0.25, 0.3) is 0 Å². The molecule has 1 aromatic carbocycles. The molecule has 1 aromatic rings. The molecule has 0 radical (unpaired) electrons. The number of aliphatic carboxylic acids is 1. The van der Waals surface area contributed by atoms with Crippen LogP contribution >= 0.6 is 11.8 Å². The Morgan fingerprint density at radius 2 is 1.81 bits per heavy atom. The molecule has 1 unspecified atom stereocenters. The first-order chi connectivity index (χ1) is 7.45. The van der Waals surface area contributed by atoms with E-state index in [2.05, 4.69) is 0 Å². The number of benzene rings is 1. The third-order valence-corrected chi connectivity index (χ3v) is 3.29. The molecule has 16 heavy (non-hydrogen) atoms. The van der Waals surface area contributed by atoms with Crippen LogP contribution in [-0.4, -0.2) is 22.8 Å². The van der Waals surface area contributed by atoms with Crippen LogP contribution in [0.3, 0.4) is 0 Å². The predicted octanol–water partition coefficient (Wildman–Crippen LogP) is 2.76. The van der Waals surface area contributed by atoms with Gasteiger partial charge < -0.3 is 9.84 Å². The number of aryl methyl sites for hydroxylation is 2. The van der Waals surface area contributed by atoms with Crippen LogP contribution in [0.15, 0.2) is 12.1 Å². The molecule has 4 heteroatoms. The minimum atomic E-state index is -0.955. The average Bonchev–Trinajstić information content (AvgIpc) is 2.21. The van der Waals surface area contributed by atoms with Crippen LogP contribution in [0.1, 0.15) is 16.7 Å². The zero-order valence-corrected chi connectivity index (χ0v) is 10.7. The third-order valence-electron chi connectivity index (χ3n) is 2.56. The van der Waals surface area contributed by atoms with Gasteiger partial charge >= 0.3 is 5.97 Å². The lowest BCUT2D eigenvalue weighted by atomic mass is 10.0. The van der Waals surface area contributed by atoms with Crippen molar-refractivity contribution in [2.45, 2.75) is 26.2 Å². The fourth-order valence-electron chi connectivity index (χ4n) is 1.39. The summed E-state index contributed by atoms with van der Waals surface area (Å²) in [5.41, 5.74) is 2.59. The van der Waals surface area contributed by atoms with Crippen molar-refractivity contribution in [3.05, 3.63) is 28.8 Å². The minimum Gasteiger partial charge on any atom is -0.478 e. The van der Waals surface area contributed by atoms with E-state index < -0.39 is 11.4 Å². The van der Waals surface area contributed by atoms with Gasteiger partial charge in [-0.15, -0.1) is 11.8 Å². The molecule has 88 valence electrons. The van der Waals surface area contributed by atoms with Crippen LogP contribution in [-0.2, 0) is 4.79 Å². The Morgan fingerprint density at radius 3 is 2.19 bits per heavy atom. The van der Waals surface area contributed by atoms with Crippen LogP contribution in [0.4, 0.5) is 0 Å². The first-order valence-electron chi connectivity index (χ1n) is 4.95. The fraction of sp³-hybridized carbons (Fsp3) is 0.417. The summed E-state index contributed by atoms with van der Waals surface area (Å²) >= 11 is 1.17. The van der Waals surface area contributed by atoms with Crippen molar-refractivity contribution in [2.75, 3.05) is 6.26 Å². The van der Waals surface area contributed by atoms with E-state index in [1.54, 1.807) is 6.26 Å². The monoisotopic (exact) mass is 240 g/mol. The summed E-state index contributed by atoms with van der Waals surface area (Å²) in [5, 5.41) is 8.88. The summed E-state index contributed by atoms with van der Waals surface area (Å²) < 4.78 is 5.41. The van der Waals surface area contributed by atoms with Crippen molar-refractivity contribution in [1.82, 2.24) is 0 Å². The van der Waals surface area contributed by atoms with Gasteiger partial charge in [-0.05, 0) is 55.9 Å². The number of hydrogen-bond donors (Lipinski definition) is 1. The molecule has 1 N–H and O–H groups in total. The molecule has 0 saturated heterocycles. The minimum absolute atomic E-state index is 0.613. The molecule has 0 aliphatic carbocycles. The van der Waals surface area contributed by atoms with Gasteiger partial charge in [0.2, 0.25) is 5.44 Å². The van der Waals surface area contributed by atoms with Crippen LogP contribution in [0.5, 0.6) is 5.75 Å². The van der Waals surface area contributed by atoms with E-state index in [9.17, 15) is 4.79 Å². The first kappa shape index (κ1) is 12.9. The quantitative estimate of drug-likeness (QED) is 0.822. The maximum absolute atomic E-state index is 10.8. The largest absolute Gasteiger partial charge is 0.478 e. The van der Waals surface area contributed by atoms with Gasteiger partial charge in [0.05, 0.1) is 0 Å². The van der Waals surface area contributed by atoms with E-state index in [1.807, 2.05) is 32.9 Å². The molecule has 0 aromatic heterocycles. The molecule has 0 saturated carbocycles. The second-order valence-corrected chi connectivity index (χ2v) is 4.61. The van der Waals surface area contributed by atoms with Gasteiger partial charge in [0.15, 0.2) is 0 Å². The van der Waals surface area contributed by atoms with Gasteiger partial charge in [0.1, 0.15) is 5.75 Å². The highest BCUT2D eigenvalue weighted by molar-refractivity contribution is 7.99. The molecule has 0 spiro atoms. The van der Waals surface area contributed by atoms with E-state index in [0.717, 1.165) is 11.1 Å². The Labute approximate surface area is 99.8 Å². The number of carbonyl (C=O) groups is 1. The summed E-state index contributed by atoms with van der Waals surface area (Å²) in [6.07, 6.45) is 1.71. The zero-order valence-electron chi connectivity index (χ0n) is 9.90. The molecular formula is C12H16O3S. The van der Waals surface area contributed by atoms with Crippen molar-refractivity contribution in [3.8, 4) is 5.75 Å². The van der Waals surface area contributed by atoms with Gasteiger partial charge in [-0.25, -0.2) is 4.79 Å². The van der Waals surface area contributed by atoms with Crippen LogP contribution in [0.2, 0.25) is 0 Å². The normalized spacial score (nSPS) is 12.2. The maximum Gasteiger partial charge on any atom is 0.355 e. The van der Waals surface area contributed by atoms with E-state index in [4.69, 9.17) is 9.84 Å². The van der Waals surface area contributed by atoms with Crippen molar-refractivity contribution >= 4 is 17.7 Å². The molecule has 0 heterocycles. The molecule has 1 atom stereocenters. The van der Waals surface area contributed by atoms with Gasteiger partial charge in [0, 0.05) is 0 Å². The molecule has 3 nitrogen and oxygen atoms in total. The Balaban J connectivity index is 2.93. The molecule has 0 aliphatic rings. The molecule has 1 rings (SSSR count). The standard InChI is InChI=1S/C12H16O3S/c1-7-5-10(6-8(2)9(7)3)15-12(16-4)11(13)14/h5-6,12H,1-4H3,(H,13,14). The highest BCUT2D eigenvalue weighted by Crippen LogP contribution is 2.23. The lowest BCUT2D eigenvalue weighted by Gasteiger charge is -2.15. The lowest BCUT2D eigenvalue weighted by Crippen LogP contribution is -2.22. The van der Waals surface area contributed by atoms with Gasteiger partial charge in [-0.3, -0.25) is 0 Å². The second kappa shape index (κ2) is 5.25. The number of ether oxygens (including phenoxy) is 1. The number of thioether (sulfide) groups is 1. The molecular weight excluding hydrogens is 224 g/mol. The molecule has 0 amide bonds. The van der Waals surface area contributed by atoms with E-state index in [-0.39, 0.29) is 0 Å². The number of hydrogen-bond acceptors (Lipinski definition) is 3. The lowest BCUT2D eigenvalue weighted by molar-refractivity contribution is -0.140. The van der Waals surface area contributed by atoms with E-state index in [1.165, 1.54) is 17.3 Å². The zero-order chi connectivity index (χ0) is 12.3. The number of carboxylic acid groups (broad SMARTS) is 1. The first-order valence-corrected chi connectivity index (χ1v) is 6.24. The highest BCUT2D eigenvalue weighted by atomic mass is 32.2. The smallest absolute Gasteiger partial charge is 0.355 e. The van der Waals surface area contributed by atoms with Crippen LogP contribution in [0, 0.1) is 20.8 Å². The van der Waals surface area contributed by atoms with E-state index >= 15 is 0 Å². The summed E-state index contributed by atoms with van der Waals surface area (Å²) in [7, 11) is 0. The second-order valence-electron chi connectivity index (χ2n) is 3.71. The molecule has 0 aliphatic heterocycles. The number of rotatable bonds is 4. The summed E-state index contributed by atoms with van der Waals surface area (Å²) in [6.45, 7) is 6.02. The van der Waals surface area contributed by atoms with Crippen LogP contribution in [0.25, 0.3) is 0 Å². The Hall–Kier alpha value is -1.16. The van der Waals surface area contributed by atoms with Crippen molar-refractivity contribution in [1.29, 1.82) is 0 Å². The summed E-state index contributed by atoms with van der Waals surface area (Å²) in [4.78, 5) is 10.8. The van der Waals surface area contributed by atoms with E-state index in [0.29, 0.717) is 5.75 Å². The topological polar surface area (TPSA) is 46.5 Å². The summed E-state index contributed by atoms with van der Waals surface area (Å²) in [6, 6.07) is 3.74. The number of carboxylic acids is 1. The Bertz CT molecular complexity index is 378. The Morgan fingerprint density at radius 1 is 1.31 bits per heavy atom. The van der Waals surface area contributed by atoms with Crippen molar-refractivity contribution < 1.29 is 14.6 Å².